The first-order valence-corrected chi connectivity index (χ1v) is 6.76. The summed E-state index contributed by atoms with van der Waals surface area (Å²) in [5.74, 6) is 2.04. The van der Waals surface area contributed by atoms with Crippen LogP contribution in [0.25, 0.3) is 0 Å². The van der Waals surface area contributed by atoms with Gasteiger partial charge in [-0.15, -0.1) is 0 Å². The Morgan fingerprint density at radius 2 is 2.21 bits per heavy atom. The molecule has 0 saturated carbocycles. The van der Waals surface area contributed by atoms with E-state index in [-0.39, 0.29) is 0 Å². The SMILES string of the molecule is CCCC(=O)[C@H]1CCS[C@@](C)(CC)C1. The van der Waals surface area contributed by atoms with Gasteiger partial charge < -0.3 is 0 Å². The van der Waals surface area contributed by atoms with Crippen molar-refractivity contribution in [1.82, 2.24) is 0 Å². The lowest BCUT2D eigenvalue weighted by molar-refractivity contribution is -0.123. The Kier molecular flexibility index (Phi) is 4.49. The molecule has 1 nitrogen and oxygen atoms in total. The Bertz CT molecular complexity index is 202. The third-order valence-corrected chi connectivity index (χ3v) is 4.89. The molecule has 0 aromatic rings. The van der Waals surface area contributed by atoms with Crippen LogP contribution in [0.15, 0.2) is 0 Å². The Balaban J connectivity index is 2.51. The summed E-state index contributed by atoms with van der Waals surface area (Å²) in [5, 5.41) is 0. The van der Waals surface area contributed by atoms with Crippen LogP contribution in [-0.4, -0.2) is 16.3 Å². The fourth-order valence-corrected chi connectivity index (χ4v) is 3.52. The van der Waals surface area contributed by atoms with Crippen molar-refractivity contribution in [2.45, 2.75) is 57.6 Å². The van der Waals surface area contributed by atoms with Crippen molar-refractivity contribution in [3.05, 3.63) is 0 Å². The fraction of sp³-hybridized carbons (Fsp3) is 0.917. The van der Waals surface area contributed by atoms with Crippen LogP contribution in [0.3, 0.4) is 0 Å². The molecule has 0 bridgehead atoms. The van der Waals surface area contributed by atoms with E-state index >= 15 is 0 Å². The zero-order chi connectivity index (χ0) is 10.6. The van der Waals surface area contributed by atoms with E-state index in [1.165, 1.54) is 12.2 Å². The summed E-state index contributed by atoms with van der Waals surface area (Å²) in [6.45, 7) is 6.64. The molecule has 0 N–H and O–H groups in total. The topological polar surface area (TPSA) is 17.1 Å². The van der Waals surface area contributed by atoms with E-state index in [1.54, 1.807) is 0 Å². The van der Waals surface area contributed by atoms with Gasteiger partial charge in [0.2, 0.25) is 0 Å². The Morgan fingerprint density at radius 3 is 2.79 bits per heavy atom. The molecule has 2 heteroatoms. The largest absolute Gasteiger partial charge is 0.299 e. The van der Waals surface area contributed by atoms with Gasteiger partial charge in [0.05, 0.1) is 0 Å². The number of hydrogen-bond donors (Lipinski definition) is 0. The molecule has 1 aliphatic heterocycles. The molecular formula is C12H22OS. The highest BCUT2D eigenvalue weighted by atomic mass is 32.2. The third-order valence-electron chi connectivity index (χ3n) is 3.29. The van der Waals surface area contributed by atoms with Crippen molar-refractivity contribution in [2.24, 2.45) is 5.92 Å². The highest BCUT2D eigenvalue weighted by molar-refractivity contribution is 8.00. The van der Waals surface area contributed by atoms with E-state index in [0.29, 0.717) is 16.4 Å². The summed E-state index contributed by atoms with van der Waals surface area (Å²) in [7, 11) is 0. The van der Waals surface area contributed by atoms with Crippen LogP contribution in [0.5, 0.6) is 0 Å². The van der Waals surface area contributed by atoms with Crippen molar-refractivity contribution in [3.8, 4) is 0 Å². The maximum Gasteiger partial charge on any atom is 0.136 e. The van der Waals surface area contributed by atoms with Crippen LogP contribution in [0, 0.1) is 5.92 Å². The second-order valence-corrected chi connectivity index (χ2v) is 6.24. The van der Waals surface area contributed by atoms with Gasteiger partial charge in [-0.2, -0.15) is 11.8 Å². The summed E-state index contributed by atoms with van der Waals surface area (Å²) < 4.78 is 0.367. The van der Waals surface area contributed by atoms with Gasteiger partial charge in [0, 0.05) is 17.1 Å². The smallest absolute Gasteiger partial charge is 0.136 e. The number of carbonyl (C=O) groups excluding carboxylic acids is 1. The van der Waals surface area contributed by atoms with Gasteiger partial charge in [0.1, 0.15) is 5.78 Å². The molecule has 82 valence electrons. The minimum atomic E-state index is 0.362. The molecular weight excluding hydrogens is 192 g/mol. The van der Waals surface area contributed by atoms with E-state index in [9.17, 15) is 4.79 Å². The summed E-state index contributed by atoms with van der Waals surface area (Å²) >= 11 is 2.05. The average Bonchev–Trinajstić information content (AvgIpc) is 2.18. The zero-order valence-electron chi connectivity index (χ0n) is 9.64. The fourth-order valence-electron chi connectivity index (χ4n) is 2.10. The summed E-state index contributed by atoms with van der Waals surface area (Å²) in [6.07, 6.45) is 5.19. The normalized spacial score (nSPS) is 32.9. The first-order chi connectivity index (χ1) is 6.61. The molecule has 0 aromatic carbocycles. The number of ketones is 1. The van der Waals surface area contributed by atoms with Gasteiger partial charge in [0.25, 0.3) is 0 Å². The molecule has 2 atom stereocenters. The van der Waals surface area contributed by atoms with Crippen LogP contribution in [0.4, 0.5) is 0 Å². The molecule has 0 unspecified atom stereocenters. The molecule has 1 fully saturated rings. The molecule has 1 saturated heterocycles. The first kappa shape index (κ1) is 12.1. The molecule has 1 rings (SSSR count). The minimum absolute atomic E-state index is 0.362. The van der Waals surface area contributed by atoms with Crippen LogP contribution >= 0.6 is 11.8 Å². The molecule has 14 heavy (non-hydrogen) atoms. The minimum Gasteiger partial charge on any atom is -0.299 e. The van der Waals surface area contributed by atoms with E-state index in [0.717, 1.165) is 25.7 Å². The van der Waals surface area contributed by atoms with Crippen molar-refractivity contribution in [3.63, 3.8) is 0 Å². The third kappa shape index (κ3) is 3.01. The molecule has 0 spiro atoms. The average molecular weight is 214 g/mol. The summed E-state index contributed by atoms with van der Waals surface area (Å²) in [5.41, 5.74) is 0. The van der Waals surface area contributed by atoms with Gasteiger partial charge >= 0.3 is 0 Å². The van der Waals surface area contributed by atoms with Crippen LogP contribution in [-0.2, 0) is 4.79 Å². The Labute approximate surface area is 92.0 Å². The number of Topliss-reactive ketones (excluding diaryl/α,β-unsaturated/α-hetero) is 1. The quantitative estimate of drug-likeness (QED) is 0.710. The van der Waals surface area contributed by atoms with E-state index in [1.807, 2.05) is 0 Å². The number of thioether (sulfide) groups is 1. The predicted molar refractivity (Wildman–Crippen MR) is 63.8 cm³/mol. The Morgan fingerprint density at radius 1 is 1.50 bits per heavy atom. The Hall–Kier alpha value is 0.0200. The summed E-state index contributed by atoms with van der Waals surface area (Å²) in [4.78, 5) is 11.8. The zero-order valence-corrected chi connectivity index (χ0v) is 10.5. The highest BCUT2D eigenvalue weighted by Crippen LogP contribution is 2.41. The van der Waals surface area contributed by atoms with E-state index in [2.05, 4.69) is 32.5 Å². The maximum atomic E-state index is 11.8. The van der Waals surface area contributed by atoms with Crippen molar-refractivity contribution in [2.75, 3.05) is 5.75 Å². The van der Waals surface area contributed by atoms with Crippen molar-refractivity contribution >= 4 is 17.5 Å². The molecule has 1 aliphatic rings. The lowest BCUT2D eigenvalue weighted by Crippen LogP contribution is -2.32. The monoisotopic (exact) mass is 214 g/mol. The van der Waals surface area contributed by atoms with Gasteiger partial charge in [0.15, 0.2) is 0 Å². The molecule has 0 amide bonds. The predicted octanol–water partition coefficient (Wildman–Crippen LogP) is 3.67. The lowest BCUT2D eigenvalue weighted by atomic mass is 9.86. The number of rotatable bonds is 4. The van der Waals surface area contributed by atoms with Gasteiger partial charge in [-0.25, -0.2) is 0 Å². The second-order valence-electron chi connectivity index (χ2n) is 4.56. The van der Waals surface area contributed by atoms with Crippen LogP contribution in [0.2, 0.25) is 0 Å². The van der Waals surface area contributed by atoms with E-state index < -0.39 is 0 Å². The van der Waals surface area contributed by atoms with Crippen LogP contribution in [0.1, 0.15) is 52.9 Å². The van der Waals surface area contributed by atoms with Crippen molar-refractivity contribution in [1.29, 1.82) is 0 Å². The molecule has 0 aliphatic carbocycles. The highest BCUT2D eigenvalue weighted by Gasteiger charge is 2.33. The molecule has 0 aromatic heterocycles. The molecule has 0 radical (unpaired) electrons. The maximum absolute atomic E-state index is 11.8. The number of hydrogen-bond acceptors (Lipinski definition) is 2. The molecule has 1 heterocycles. The van der Waals surface area contributed by atoms with Gasteiger partial charge in [-0.05, 0) is 31.4 Å². The summed E-state index contributed by atoms with van der Waals surface area (Å²) in [6, 6.07) is 0. The van der Waals surface area contributed by atoms with Gasteiger partial charge in [-0.1, -0.05) is 20.8 Å². The van der Waals surface area contributed by atoms with Gasteiger partial charge in [-0.3, -0.25) is 4.79 Å². The van der Waals surface area contributed by atoms with E-state index in [4.69, 9.17) is 0 Å². The standard InChI is InChI=1S/C12H22OS/c1-4-6-11(13)10-7-8-14-12(3,5-2)9-10/h10H,4-9H2,1-3H3/t10-,12-/m0/s1. The first-order valence-electron chi connectivity index (χ1n) is 5.78. The number of carbonyl (C=O) groups is 1. The van der Waals surface area contributed by atoms with Crippen molar-refractivity contribution < 1.29 is 4.79 Å². The second kappa shape index (κ2) is 5.20. The lowest BCUT2D eigenvalue weighted by Gasteiger charge is -2.36. The van der Waals surface area contributed by atoms with Crippen LogP contribution < -0.4 is 0 Å².